The van der Waals surface area contributed by atoms with Crippen molar-refractivity contribution in [3.8, 4) is 5.69 Å². The lowest BCUT2D eigenvalue weighted by Gasteiger charge is -2.13. The topological polar surface area (TPSA) is 59.0 Å². The van der Waals surface area contributed by atoms with Crippen LogP contribution in [0, 0.1) is 11.7 Å². The van der Waals surface area contributed by atoms with Crippen molar-refractivity contribution in [1.29, 1.82) is 0 Å². The van der Waals surface area contributed by atoms with Crippen LogP contribution in [-0.2, 0) is 0 Å². The molecule has 5 nitrogen and oxygen atoms in total. The van der Waals surface area contributed by atoms with Crippen LogP contribution in [0.3, 0.4) is 0 Å². The van der Waals surface area contributed by atoms with Gasteiger partial charge >= 0.3 is 0 Å². The molecule has 2 heterocycles. The molecule has 2 aromatic rings. The van der Waals surface area contributed by atoms with Gasteiger partial charge in [-0.25, -0.2) is 9.07 Å². The van der Waals surface area contributed by atoms with Crippen molar-refractivity contribution in [1.82, 2.24) is 20.4 Å². The number of amides is 1. The Morgan fingerprint density at radius 3 is 2.73 bits per heavy atom. The van der Waals surface area contributed by atoms with E-state index in [1.807, 2.05) is 13.8 Å². The summed E-state index contributed by atoms with van der Waals surface area (Å²) >= 11 is 0. The minimum absolute atomic E-state index is 0. The normalized spacial score (nSPS) is 16.5. The van der Waals surface area contributed by atoms with Crippen LogP contribution < -0.4 is 10.6 Å². The fourth-order valence-corrected chi connectivity index (χ4v) is 3.32. The van der Waals surface area contributed by atoms with Gasteiger partial charge in [-0.15, -0.1) is 12.4 Å². The van der Waals surface area contributed by atoms with E-state index in [-0.39, 0.29) is 30.0 Å². The van der Waals surface area contributed by atoms with E-state index in [0.717, 1.165) is 30.9 Å². The van der Waals surface area contributed by atoms with Crippen molar-refractivity contribution < 1.29 is 9.18 Å². The fourth-order valence-electron chi connectivity index (χ4n) is 3.32. The van der Waals surface area contributed by atoms with Gasteiger partial charge in [0, 0.05) is 6.54 Å². The molecule has 1 fully saturated rings. The summed E-state index contributed by atoms with van der Waals surface area (Å²) in [6.45, 7) is 6.83. The Morgan fingerprint density at radius 2 is 2.12 bits per heavy atom. The highest BCUT2D eigenvalue weighted by molar-refractivity contribution is 5.95. The van der Waals surface area contributed by atoms with E-state index in [2.05, 4.69) is 15.7 Å². The molecule has 0 aliphatic carbocycles. The van der Waals surface area contributed by atoms with Crippen LogP contribution in [0.25, 0.3) is 5.69 Å². The zero-order chi connectivity index (χ0) is 17.8. The molecule has 1 atom stereocenters. The summed E-state index contributed by atoms with van der Waals surface area (Å²) in [7, 11) is 0. The molecule has 1 aromatic heterocycles. The monoisotopic (exact) mass is 380 g/mol. The Balaban J connectivity index is 0.00000243. The molecular formula is C19H26ClFN4O. The number of benzene rings is 1. The average Bonchev–Trinajstić information content (AvgIpc) is 3.24. The Hall–Kier alpha value is -1.92. The van der Waals surface area contributed by atoms with E-state index >= 15 is 0 Å². The van der Waals surface area contributed by atoms with E-state index in [9.17, 15) is 9.18 Å². The minimum Gasteiger partial charge on any atom is -0.352 e. The van der Waals surface area contributed by atoms with Gasteiger partial charge in [-0.2, -0.15) is 5.10 Å². The molecule has 0 spiro atoms. The third kappa shape index (κ3) is 4.62. The molecule has 1 aliphatic rings. The molecule has 0 bridgehead atoms. The second kappa shape index (κ2) is 9.14. The number of halogens is 2. The van der Waals surface area contributed by atoms with Crippen molar-refractivity contribution in [3.63, 3.8) is 0 Å². The molecular weight excluding hydrogens is 355 g/mol. The molecule has 2 N–H and O–H groups in total. The standard InChI is InChI=1S/C19H25FN4O.ClH/c1-13(2)18-17(19(25)22-10-8-14-7-9-21-11-14)12-23-24(18)16-5-3-15(20)4-6-16;/h3-6,12-14,21H,7-11H2,1-2H3,(H,22,25);1H. The number of hydrogen-bond donors (Lipinski definition) is 2. The third-order valence-corrected chi connectivity index (χ3v) is 4.67. The Labute approximate surface area is 159 Å². The van der Waals surface area contributed by atoms with E-state index in [4.69, 9.17) is 0 Å². The fraction of sp³-hybridized carbons (Fsp3) is 0.474. The smallest absolute Gasteiger partial charge is 0.254 e. The second-order valence-electron chi connectivity index (χ2n) is 6.89. The molecule has 142 valence electrons. The van der Waals surface area contributed by atoms with E-state index in [0.29, 0.717) is 18.0 Å². The number of hydrogen-bond acceptors (Lipinski definition) is 3. The molecule has 1 aromatic carbocycles. The van der Waals surface area contributed by atoms with Crippen molar-refractivity contribution in [2.24, 2.45) is 5.92 Å². The van der Waals surface area contributed by atoms with E-state index in [1.54, 1.807) is 23.0 Å². The highest BCUT2D eigenvalue weighted by atomic mass is 35.5. The predicted molar refractivity (Wildman–Crippen MR) is 103 cm³/mol. The highest BCUT2D eigenvalue weighted by Gasteiger charge is 2.21. The van der Waals surface area contributed by atoms with Gasteiger partial charge in [0.05, 0.1) is 23.1 Å². The zero-order valence-corrected chi connectivity index (χ0v) is 16.0. The quantitative estimate of drug-likeness (QED) is 0.808. The van der Waals surface area contributed by atoms with Gasteiger partial charge < -0.3 is 10.6 Å². The molecule has 1 aliphatic heterocycles. The SMILES string of the molecule is CC(C)c1c(C(=O)NCCC2CCNC2)cnn1-c1ccc(F)cc1.Cl. The Bertz CT molecular complexity index is 724. The van der Waals surface area contributed by atoms with Gasteiger partial charge in [-0.05, 0) is 62.0 Å². The summed E-state index contributed by atoms with van der Waals surface area (Å²) in [5, 5.41) is 10.7. The van der Waals surface area contributed by atoms with Crippen molar-refractivity contribution in [3.05, 3.63) is 47.5 Å². The lowest BCUT2D eigenvalue weighted by atomic mass is 10.0. The first kappa shape index (κ1) is 20.4. The Kier molecular flexibility index (Phi) is 7.17. The summed E-state index contributed by atoms with van der Waals surface area (Å²) in [6.07, 6.45) is 3.77. The maximum atomic E-state index is 13.2. The van der Waals surface area contributed by atoms with Gasteiger partial charge in [0.1, 0.15) is 5.82 Å². The number of rotatable bonds is 6. The maximum Gasteiger partial charge on any atom is 0.254 e. The number of carbonyl (C=O) groups excluding carboxylic acids is 1. The summed E-state index contributed by atoms with van der Waals surface area (Å²) in [5.41, 5.74) is 2.18. The molecule has 7 heteroatoms. The molecule has 26 heavy (non-hydrogen) atoms. The number of nitrogens with one attached hydrogen (secondary N) is 2. The summed E-state index contributed by atoms with van der Waals surface area (Å²) < 4.78 is 14.9. The van der Waals surface area contributed by atoms with Crippen LogP contribution in [-0.4, -0.2) is 35.3 Å². The molecule has 3 rings (SSSR count). The lowest BCUT2D eigenvalue weighted by Crippen LogP contribution is -2.27. The molecule has 0 radical (unpaired) electrons. The molecule has 1 saturated heterocycles. The van der Waals surface area contributed by atoms with Crippen molar-refractivity contribution in [2.45, 2.75) is 32.6 Å². The largest absolute Gasteiger partial charge is 0.352 e. The second-order valence-corrected chi connectivity index (χ2v) is 6.89. The average molecular weight is 381 g/mol. The van der Waals surface area contributed by atoms with Crippen molar-refractivity contribution >= 4 is 18.3 Å². The number of aromatic nitrogens is 2. The molecule has 0 saturated carbocycles. The van der Waals surface area contributed by atoms with Gasteiger partial charge in [-0.1, -0.05) is 13.8 Å². The van der Waals surface area contributed by atoms with E-state index < -0.39 is 0 Å². The molecule has 1 unspecified atom stereocenters. The first-order valence-corrected chi connectivity index (χ1v) is 8.89. The van der Waals surface area contributed by atoms with Gasteiger partial charge in [-0.3, -0.25) is 4.79 Å². The third-order valence-electron chi connectivity index (χ3n) is 4.67. The van der Waals surface area contributed by atoms with Gasteiger partial charge in [0.25, 0.3) is 5.91 Å². The molecule has 1 amide bonds. The minimum atomic E-state index is -0.290. The van der Waals surface area contributed by atoms with Crippen LogP contribution in [0.4, 0.5) is 4.39 Å². The first-order valence-electron chi connectivity index (χ1n) is 8.89. The first-order chi connectivity index (χ1) is 12.1. The van der Waals surface area contributed by atoms with Crippen LogP contribution in [0.2, 0.25) is 0 Å². The highest BCUT2D eigenvalue weighted by Crippen LogP contribution is 2.23. The zero-order valence-electron chi connectivity index (χ0n) is 15.2. The van der Waals surface area contributed by atoms with Crippen LogP contribution in [0.1, 0.15) is 48.7 Å². The van der Waals surface area contributed by atoms with Crippen molar-refractivity contribution in [2.75, 3.05) is 19.6 Å². The van der Waals surface area contributed by atoms with Gasteiger partial charge in [0.15, 0.2) is 0 Å². The van der Waals surface area contributed by atoms with E-state index in [1.165, 1.54) is 18.6 Å². The Morgan fingerprint density at radius 1 is 1.38 bits per heavy atom. The van der Waals surface area contributed by atoms with Crippen LogP contribution in [0.5, 0.6) is 0 Å². The summed E-state index contributed by atoms with van der Waals surface area (Å²) in [6, 6.07) is 6.14. The lowest BCUT2D eigenvalue weighted by molar-refractivity contribution is 0.0950. The summed E-state index contributed by atoms with van der Waals surface area (Å²) in [4.78, 5) is 12.6. The predicted octanol–water partition coefficient (Wildman–Crippen LogP) is 3.29. The number of nitrogens with zero attached hydrogens (tertiary/aromatic N) is 2. The van der Waals surface area contributed by atoms with Crippen LogP contribution >= 0.6 is 12.4 Å². The summed E-state index contributed by atoms with van der Waals surface area (Å²) in [5.74, 6) is 0.378. The maximum absolute atomic E-state index is 13.2. The number of carbonyl (C=O) groups is 1. The van der Waals surface area contributed by atoms with Gasteiger partial charge in [0.2, 0.25) is 0 Å². The van der Waals surface area contributed by atoms with Crippen LogP contribution in [0.15, 0.2) is 30.5 Å².